The number of aryl methyl sites for hydroxylation is 3. The predicted octanol–water partition coefficient (Wildman–Crippen LogP) is 4.69. The molecule has 0 bridgehead atoms. The average molecular weight is 542 g/mol. The number of para-hydroxylation sites is 1. The normalized spacial score (nSPS) is 15.2. The zero-order valence-electron chi connectivity index (χ0n) is 23.0. The van der Waals surface area contributed by atoms with E-state index in [0.717, 1.165) is 72.4 Å². The number of hydrogen-bond donors (Lipinski definition) is 4. The topological polar surface area (TPSA) is 112 Å². The lowest BCUT2D eigenvalue weighted by molar-refractivity contribution is -0.121. The number of amidine groups is 1. The fourth-order valence-corrected chi connectivity index (χ4v) is 5.30. The lowest BCUT2D eigenvalue weighted by atomic mass is 10.0. The Morgan fingerprint density at radius 1 is 1.10 bits per heavy atom. The number of nitrogens with one attached hydrogen (secondary N) is 3. The van der Waals surface area contributed by atoms with Crippen LogP contribution in [-0.4, -0.2) is 51.4 Å². The first-order valence-corrected chi connectivity index (χ1v) is 13.7. The number of anilines is 2. The fraction of sp³-hybridized carbons (Fsp3) is 0.323. The Balaban J connectivity index is 1.16. The average Bonchev–Trinajstić information content (AvgIpc) is 3.27. The van der Waals surface area contributed by atoms with Crippen LogP contribution >= 0.6 is 0 Å². The van der Waals surface area contributed by atoms with Gasteiger partial charge < -0.3 is 20.9 Å². The molecule has 1 aromatic heterocycles. The van der Waals surface area contributed by atoms with Gasteiger partial charge in [0.2, 0.25) is 5.91 Å². The van der Waals surface area contributed by atoms with Gasteiger partial charge in [0.05, 0.1) is 22.8 Å². The van der Waals surface area contributed by atoms with E-state index < -0.39 is 0 Å². The Bertz CT molecular complexity index is 1510. The van der Waals surface area contributed by atoms with Gasteiger partial charge in [0.15, 0.2) is 0 Å². The zero-order chi connectivity index (χ0) is 28.2. The molecule has 0 spiro atoms. The molecule has 0 radical (unpaired) electrons. The molecule has 1 aliphatic heterocycles. The molecule has 1 saturated heterocycles. The summed E-state index contributed by atoms with van der Waals surface area (Å²) in [5, 5.41) is 13.9. The number of carbonyl (C=O) groups excluding carboxylic acids is 1. The van der Waals surface area contributed by atoms with Gasteiger partial charge in [0, 0.05) is 43.9 Å². The monoisotopic (exact) mass is 541 g/mol. The van der Waals surface area contributed by atoms with Gasteiger partial charge in [-0.1, -0.05) is 36.4 Å². The highest BCUT2D eigenvalue weighted by atomic mass is 19.1. The molecule has 5 N–H and O–H groups in total. The molecule has 0 saturated carbocycles. The van der Waals surface area contributed by atoms with Crippen LogP contribution in [0, 0.1) is 11.2 Å². The molecule has 1 fully saturated rings. The Labute approximate surface area is 233 Å². The first kappa shape index (κ1) is 27.3. The number of halogens is 1. The number of rotatable bonds is 9. The van der Waals surface area contributed by atoms with Crippen LogP contribution in [0.25, 0.3) is 11.0 Å². The van der Waals surface area contributed by atoms with Crippen LogP contribution < -0.4 is 16.4 Å². The first-order chi connectivity index (χ1) is 19.3. The number of benzene rings is 3. The maximum atomic E-state index is 14.0. The molecule has 40 heavy (non-hydrogen) atoms. The number of nitrogens with two attached hydrogens (primary N) is 1. The number of nitrogen functional groups attached to an aromatic ring is 1. The van der Waals surface area contributed by atoms with Gasteiger partial charge in [-0.25, -0.2) is 9.37 Å². The molecule has 2 heterocycles. The van der Waals surface area contributed by atoms with E-state index in [-0.39, 0.29) is 29.6 Å². The number of carbonyl (C=O) groups is 1. The van der Waals surface area contributed by atoms with Crippen molar-refractivity contribution >= 4 is 34.2 Å². The lowest BCUT2D eigenvalue weighted by Gasteiger charge is -2.36. The highest BCUT2D eigenvalue weighted by Crippen LogP contribution is 2.23. The van der Waals surface area contributed by atoms with Crippen molar-refractivity contribution < 1.29 is 9.18 Å². The van der Waals surface area contributed by atoms with Crippen LogP contribution in [0.15, 0.2) is 66.7 Å². The van der Waals surface area contributed by atoms with E-state index in [0.29, 0.717) is 5.69 Å². The third-order valence-electron chi connectivity index (χ3n) is 7.83. The Hall–Kier alpha value is -4.24. The van der Waals surface area contributed by atoms with Crippen molar-refractivity contribution in [2.75, 3.05) is 23.7 Å². The van der Waals surface area contributed by atoms with Gasteiger partial charge in [-0.15, -0.1) is 0 Å². The molecule has 8 nitrogen and oxygen atoms in total. The Morgan fingerprint density at radius 3 is 2.52 bits per heavy atom. The molecule has 0 aliphatic carbocycles. The minimum absolute atomic E-state index is 0.0509. The molecule has 1 unspecified atom stereocenters. The van der Waals surface area contributed by atoms with Crippen LogP contribution in [0.5, 0.6) is 0 Å². The van der Waals surface area contributed by atoms with Crippen LogP contribution in [0.2, 0.25) is 0 Å². The van der Waals surface area contributed by atoms with E-state index in [4.69, 9.17) is 16.1 Å². The van der Waals surface area contributed by atoms with Crippen LogP contribution in [0.3, 0.4) is 0 Å². The third-order valence-corrected chi connectivity index (χ3v) is 7.83. The van der Waals surface area contributed by atoms with Crippen molar-refractivity contribution in [2.45, 2.75) is 44.7 Å². The van der Waals surface area contributed by atoms with Crippen molar-refractivity contribution in [3.05, 3.63) is 89.5 Å². The summed E-state index contributed by atoms with van der Waals surface area (Å²) in [6, 6.07) is 20.2. The standard InChI is InChI=1S/C31H36FN7O/c1-20(39-17-15-23(16-18-39)35-26-6-4-3-5-25(26)32)31(40)36-24-12-13-28-27(19-24)37-29(38(28)2)14-9-21-7-10-22(11-8-21)30(33)34/h3-8,10-13,19-20,23,35H,9,14-18H2,1-2H3,(H3,33,34)(H,36,40). The summed E-state index contributed by atoms with van der Waals surface area (Å²) < 4.78 is 16.1. The van der Waals surface area contributed by atoms with Crippen molar-refractivity contribution in [3.63, 3.8) is 0 Å². The second-order valence-corrected chi connectivity index (χ2v) is 10.5. The molecule has 9 heteroatoms. The van der Waals surface area contributed by atoms with E-state index in [1.807, 2.05) is 62.5 Å². The molecular formula is C31H36FN7O. The van der Waals surface area contributed by atoms with E-state index >= 15 is 0 Å². The van der Waals surface area contributed by atoms with E-state index in [2.05, 4.69) is 20.1 Å². The number of imidazole rings is 1. The summed E-state index contributed by atoms with van der Waals surface area (Å²) in [5.41, 5.74) is 10.5. The van der Waals surface area contributed by atoms with Crippen LogP contribution in [0.1, 0.15) is 36.7 Å². The molecule has 1 aliphatic rings. The fourth-order valence-electron chi connectivity index (χ4n) is 5.30. The second kappa shape index (κ2) is 11.9. The van der Waals surface area contributed by atoms with Gasteiger partial charge in [-0.3, -0.25) is 15.1 Å². The third kappa shape index (κ3) is 6.15. The van der Waals surface area contributed by atoms with Gasteiger partial charge in [-0.05, 0) is 62.1 Å². The summed E-state index contributed by atoms with van der Waals surface area (Å²) in [4.78, 5) is 20.1. The van der Waals surface area contributed by atoms with Crippen molar-refractivity contribution in [2.24, 2.45) is 12.8 Å². The maximum Gasteiger partial charge on any atom is 0.241 e. The minimum Gasteiger partial charge on any atom is -0.384 e. The molecule has 1 atom stereocenters. The summed E-state index contributed by atoms with van der Waals surface area (Å²) in [6.07, 6.45) is 3.28. The number of hydrogen-bond acceptors (Lipinski definition) is 5. The van der Waals surface area contributed by atoms with E-state index in [1.54, 1.807) is 12.1 Å². The largest absolute Gasteiger partial charge is 0.384 e. The zero-order valence-corrected chi connectivity index (χ0v) is 23.0. The lowest BCUT2D eigenvalue weighted by Crippen LogP contribution is -2.48. The molecular weight excluding hydrogens is 505 g/mol. The molecule has 208 valence electrons. The van der Waals surface area contributed by atoms with Gasteiger partial charge in [0.1, 0.15) is 17.5 Å². The van der Waals surface area contributed by atoms with Crippen molar-refractivity contribution in [3.8, 4) is 0 Å². The van der Waals surface area contributed by atoms with Crippen LogP contribution in [0.4, 0.5) is 15.8 Å². The smallest absolute Gasteiger partial charge is 0.241 e. The summed E-state index contributed by atoms with van der Waals surface area (Å²) in [6.45, 7) is 3.46. The van der Waals surface area contributed by atoms with Gasteiger partial charge in [-0.2, -0.15) is 0 Å². The number of likely N-dealkylation sites (tertiary alicyclic amines) is 1. The minimum atomic E-state index is -0.279. The molecule has 5 rings (SSSR count). The number of aromatic nitrogens is 2. The maximum absolute atomic E-state index is 14.0. The highest BCUT2D eigenvalue weighted by Gasteiger charge is 2.27. The van der Waals surface area contributed by atoms with Crippen molar-refractivity contribution in [1.82, 2.24) is 14.5 Å². The van der Waals surface area contributed by atoms with E-state index in [1.165, 1.54) is 6.07 Å². The molecule has 4 aromatic rings. The second-order valence-electron chi connectivity index (χ2n) is 10.5. The predicted molar refractivity (Wildman–Crippen MR) is 158 cm³/mol. The highest BCUT2D eigenvalue weighted by molar-refractivity contribution is 5.96. The quantitative estimate of drug-likeness (QED) is 0.182. The Morgan fingerprint density at radius 2 is 1.82 bits per heavy atom. The first-order valence-electron chi connectivity index (χ1n) is 13.7. The summed E-state index contributed by atoms with van der Waals surface area (Å²) >= 11 is 0. The van der Waals surface area contributed by atoms with Gasteiger partial charge in [0.25, 0.3) is 0 Å². The summed E-state index contributed by atoms with van der Waals surface area (Å²) in [7, 11) is 2.01. The Kier molecular flexibility index (Phi) is 8.11. The van der Waals surface area contributed by atoms with Crippen molar-refractivity contribution in [1.29, 1.82) is 5.41 Å². The molecule has 3 aromatic carbocycles. The number of piperidine rings is 1. The molecule has 1 amide bonds. The number of amides is 1. The summed E-state index contributed by atoms with van der Waals surface area (Å²) in [5.74, 6) is 0.743. The van der Waals surface area contributed by atoms with Gasteiger partial charge >= 0.3 is 0 Å². The van der Waals surface area contributed by atoms with E-state index in [9.17, 15) is 9.18 Å². The SMILES string of the molecule is CC(C(=O)Nc1ccc2c(c1)nc(CCc1ccc(C(=N)N)cc1)n2C)N1CCC(Nc2ccccc2F)CC1. The number of fused-ring (bicyclic) bond motifs is 1. The number of nitrogens with zero attached hydrogens (tertiary/aromatic N) is 3. The van der Waals surface area contributed by atoms with Crippen LogP contribution in [-0.2, 0) is 24.7 Å².